The number of amides is 2. The van der Waals surface area contributed by atoms with Crippen molar-refractivity contribution in [1.82, 2.24) is 19.8 Å². The molecule has 1 aliphatic heterocycles. The van der Waals surface area contributed by atoms with Crippen molar-refractivity contribution in [3.63, 3.8) is 0 Å². The van der Waals surface area contributed by atoms with Crippen LogP contribution >= 0.6 is 0 Å². The molecule has 0 bridgehead atoms. The van der Waals surface area contributed by atoms with E-state index in [0.717, 1.165) is 51.2 Å². The lowest BCUT2D eigenvalue weighted by molar-refractivity contribution is -0.118. The van der Waals surface area contributed by atoms with Crippen LogP contribution in [-0.4, -0.2) is 71.4 Å². The number of rotatable bonds is 7. The summed E-state index contributed by atoms with van der Waals surface area (Å²) in [5.41, 5.74) is 0.391. The van der Waals surface area contributed by atoms with E-state index in [2.05, 4.69) is 28.7 Å². The Bertz CT molecular complexity index is 506. The van der Waals surface area contributed by atoms with Gasteiger partial charge in [0.2, 0.25) is 6.41 Å². The Morgan fingerprint density at radius 3 is 2.26 bits per heavy atom. The van der Waals surface area contributed by atoms with Crippen LogP contribution in [0.4, 0.5) is 5.82 Å². The number of carbonyl (C=O) groups excluding carboxylic acids is 2. The molecular formula is C16H25N5O2. The maximum absolute atomic E-state index is 12.5. The van der Waals surface area contributed by atoms with Gasteiger partial charge in [0.05, 0.1) is 12.4 Å². The van der Waals surface area contributed by atoms with Crippen molar-refractivity contribution >= 4 is 18.1 Å². The van der Waals surface area contributed by atoms with Crippen LogP contribution in [0.5, 0.6) is 0 Å². The minimum absolute atomic E-state index is 0.0569. The van der Waals surface area contributed by atoms with E-state index < -0.39 is 0 Å². The van der Waals surface area contributed by atoms with Crippen molar-refractivity contribution in [1.29, 1.82) is 0 Å². The Kier molecular flexibility index (Phi) is 6.31. The van der Waals surface area contributed by atoms with E-state index in [9.17, 15) is 9.59 Å². The monoisotopic (exact) mass is 319 g/mol. The minimum Gasteiger partial charge on any atom is -0.352 e. The third-order valence-electron chi connectivity index (χ3n) is 3.92. The van der Waals surface area contributed by atoms with Gasteiger partial charge in [0.1, 0.15) is 11.5 Å². The van der Waals surface area contributed by atoms with Gasteiger partial charge >= 0.3 is 0 Å². The fraction of sp³-hybridized carbons (Fsp3) is 0.625. The fourth-order valence-corrected chi connectivity index (χ4v) is 2.67. The van der Waals surface area contributed by atoms with E-state index in [0.29, 0.717) is 18.8 Å². The van der Waals surface area contributed by atoms with Gasteiger partial charge in [0.25, 0.3) is 5.91 Å². The molecule has 0 N–H and O–H groups in total. The highest BCUT2D eigenvalue weighted by Crippen LogP contribution is 2.12. The number of aromatic nitrogens is 2. The van der Waals surface area contributed by atoms with E-state index in [4.69, 9.17) is 0 Å². The average molecular weight is 319 g/mol. The number of nitrogens with zero attached hydrogens (tertiary/aromatic N) is 5. The predicted molar refractivity (Wildman–Crippen MR) is 88.4 cm³/mol. The molecule has 2 amide bonds. The van der Waals surface area contributed by atoms with E-state index in [-0.39, 0.29) is 5.91 Å². The summed E-state index contributed by atoms with van der Waals surface area (Å²) in [5.74, 6) is 0.697. The third kappa shape index (κ3) is 4.40. The van der Waals surface area contributed by atoms with Crippen molar-refractivity contribution in [2.24, 2.45) is 0 Å². The van der Waals surface area contributed by atoms with Gasteiger partial charge in [-0.25, -0.2) is 9.97 Å². The summed E-state index contributed by atoms with van der Waals surface area (Å²) in [6, 6.07) is 0. The Labute approximate surface area is 137 Å². The fourth-order valence-electron chi connectivity index (χ4n) is 2.67. The number of carbonyl (C=O) groups is 2. The molecule has 0 unspecified atom stereocenters. The van der Waals surface area contributed by atoms with E-state index >= 15 is 0 Å². The highest BCUT2D eigenvalue weighted by atomic mass is 16.2. The number of hydrogen-bond acceptors (Lipinski definition) is 5. The Balaban J connectivity index is 2.01. The molecule has 0 atom stereocenters. The molecule has 1 saturated heterocycles. The van der Waals surface area contributed by atoms with Crippen LogP contribution in [0.25, 0.3) is 0 Å². The first-order valence-electron chi connectivity index (χ1n) is 8.25. The maximum atomic E-state index is 12.5. The largest absolute Gasteiger partial charge is 0.352 e. The molecule has 1 fully saturated rings. The summed E-state index contributed by atoms with van der Waals surface area (Å²) in [6.45, 7) is 8.44. The van der Waals surface area contributed by atoms with Crippen molar-refractivity contribution < 1.29 is 9.59 Å². The first-order valence-corrected chi connectivity index (χ1v) is 8.25. The molecule has 23 heavy (non-hydrogen) atoms. The lowest BCUT2D eigenvalue weighted by Gasteiger charge is -2.33. The summed E-state index contributed by atoms with van der Waals surface area (Å²) < 4.78 is 0. The molecule has 1 aromatic rings. The van der Waals surface area contributed by atoms with Crippen LogP contribution in [0, 0.1) is 0 Å². The molecule has 7 heteroatoms. The second kappa shape index (κ2) is 8.45. The zero-order valence-electron chi connectivity index (χ0n) is 13.9. The maximum Gasteiger partial charge on any atom is 0.274 e. The van der Waals surface area contributed by atoms with Crippen LogP contribution in [0.3, 0.4) is 0 Å². The molecule has 2 heterocycles. The lowest BCUT2D eigenvalue weighted by Crippen LogP contribution is -2.46. The van der Waals surface area contributed by atoms with Crippen molar-refractivity contribution in [3.8, 4) is 0 Å². The highest BCUT2D eigenvalue weighted by Gasteiger charge is 2.19. The van der Waals surface area contributed by atoms with Crippen LogP contribution in [0.1, 0.15) is 37.2 Å². The Morgan fingerprint density at radius 1 is 1.13 bits per heavy atom. The van der Waals surface area contributed by atoms with Gasteiger partial charge in [-0.05, 0) is 12.8 Å². The van der Waals surface area contributed by atoms with Crippen molar-refractivity contribution in [2.45, 2.75) is 26.7 Å². The van der Waals surface area contributed by atoms with Gasteiger partial charge in [0, 0.05) is 39.3 Å². The summed E-state index contributed by atoms with van der Waals surface area (Å²) in [4.78, 5) is 37.5. The first kappa shape index (κ1) is 17.2. The van der Waals surface area contributed by atoms with Crippen molar-refractivity contribution in [3.05, 3.63) is 18.1 Å². The van der Waals surface area contributed by atoms with Gasteiger partial charge in [-0.15, -0.1) is 0 Å². The molecule has 7 nitrogen and oxygen atoms in total. The van der Waals surface area contributed by atoms with Crippen LogP contribution in [0.15, 0.2) is 12.4 Å². The molecule has 0 radical (unpaired) electrons. The lowest BCUT2D eigenvalue weighted by atomic mass is 10.3. The Morgan fingerprint density at radius 2 is 1.78 bits per heavy atom. The smallest absolute Gasteiger partial charge is 0.274 e. The molecule has 126 valence electrons. The number of piperazine rings is 1. The third-order valence-corrected chi connectivity index (χ3v) is 3.92. The molecular weight excluding hydrogens is 294 g/mol. The van der Waals surface area contributed by atoms with E-state index in [1.165, 1.54) is 0 Å². The molecule has 1 aliphatic rings. The SMILES string of the molecule is CCCN(CCC)C(=O)c1cnc(N2CCN(C=O)CC2)cn1. The number of anilines is 1. The minimum atomic E-state index is -0.0569. The molecule has 1 aromatic heterocycles. The summed E-state index contributed by atoms with van der Waals surface area (Å²) in [6.07, 6.45) is 5.94. The molecule has 0 aliphatic carbocycles. The first-order chi connectivity index (χ1) is 11.2. The van der Waals surface area contributed by atoms with Gasteiger partial charge in [0.15, 0.2) is 0 Å². The summed E-state index contributed by atoms with van der Waals surface area (Å²) in [7, 11) is 0. The van der Waals surface area contributed by atoms with Gasteiger partial charge < -0.3 is 14.7 Å². The van der Waals surface area contributed by atoms with Crippen molar-refractivity contribution in [2.75, 3.05) is 44.2 Å². The van der Waals surface area contributed by atoms with Crippen LogP contribution in [-0.2, 0) is 4.79 Å². The second-order valence-electron chi connectivity index (χ2n) is 5.68. The van der Waals surface area contributed by atoms with E-state index in [1.54, 1.807) is 17.3 Å². The zero-order valence-corrected chi connectivity index (χ0v) is 13.9. The molecule has 2 rings (SSSR count). The second-order valence-corrected chi connectivity index (χ2v) is 5.68. The van der Waals surface area contributed by atoms with E-state index in [1.807, 2.05) is 4.90 Å². The Hall–Kier alpha value is -2.18. The highest BCUT2D eigenvalue weighted by molar-refractivity contribution is 5.92. The molecule has 0 aromatic carbocycles. The van der Waals surface area contributed by atoms with Gasteiger partial charge in [-0.2, -0.15) is 0 Å². The predicted octanol–water partition coefficient (Wildman–Crippen LogP) is 1.02. The van der Waals surface area contributed by atoms with Gasteiger partial charge in [-0.3, -0.25) is 9.59 Å². The number of hydrogen-bond donors (Lipinski definition) is 0. The quantitative estimate of drug-likeness (QED) is 0.702. The van der Waals surface area contributed by atoms with Crippen LogP contribution in [0.2, 0.25) is 0 Å². The average Bonchev–Trinajstić information content (AvgIpc) is 2.61. The summed E-state index contributed by atoms with van der Waals surface area (Å²) >= 11 is 0. The van der Waals surface area contributed by atoms with Gasteiger partial charge in [-0.1, -0.05) is 13.8 Å². The molecule has 0 saturated carbocycles. The normalized spacial score (nSPS) is 14.7. The zero-order chi connectivity index (χ0) is 16.7. The van der Waals surface area contributed by atoms with Crippen LogP contribution < -0.4 is 4.90 Å². The molecule has 0 spiro atoms. The topological polar surface area (TPSA) is 69.6 Å². The summed E-state index contributed by atoms with van der Waals surface area (Å²) in [5, 5.41) is 0. The standard InChI is InChI=1S/C16H25N5O2/c1-3-5-21(6-4-2)16(23)14-11-18-15(12-17-14)20-9-7-19(13-22)8-10-20/h11-13H,3-10H2,1-2H3.